The van der Waals surface area contributed by atoms with Gasteiger partial charge >= 0.3 is 5.97 Å². The van der Waals surface area contributed by atoms with E-state index in [-0.39, 0.29) is 25.3 Å². The lowest BCUT2D eigenvalue weighted by molar-refractivity contribution is -0.148. The average Bonchev–Trinajstić information content (AvgIpc) is 2.91. The number of hydrogen-bond acceptors (Lipinski definition) is 3. The second kappa shape index (κ2) is 6.22. The third-order valence-corrected chi connectivity index (χ3v) is 3.73. The molecule has 1 heterocycles. The molecule has 6 heteroatoms. The molecule has 0 radical (unpaired) electrons. The average molecular weight is 295 g/mol. The highest BCUT2D eigenvalue weighted by Crippen LogP contribution is 2.20. The van der Waals surface area contributed by atoms with Crippen LogP contribution in [0.15, 0.2) is 24.3 Å². The Labute approximate surface area is 122 Å². The summed E-state index contributed by atoms with van der Waals surface area (Å²) in [4.78, 5) is 23.5. The molecule has 0 saturated carbocycles. The molecule has 0 spiro atoms. The Hall–Kier alpha value is -1.95. The molecule has 5 nitrogen and oxygen atoms in total. The van der Waals surface area contributed by atoms with Crippen molar-refractivity contribution in [2.75, 3.05) is 13.2 Å². The van der Waals surface area contributed by atoms with Crippen LogP contribution >= 0.6 is 0 Å². The summed E-state index contributed by atoms with van der Waals surface area (Å²) in [7, 11) is 0. The van der Waals surface area contributed by atoms with Crippen LogP contribution in [0.25, 0.3) is 0 Å². The molecule has 2 atom stereocenters. The van der Waals surface area contributed by atoms with Crippen molar-refractivity contribution < 1.29 is 23.8 Å². The first-order valence-electron chi connectivity index (χ1n) is 6.81. The summed E-state index contributed by atoms with van der Waals surface area (Å²) in [6, 6.07) is 6.24. The minimum Gasteiger partial charge on any atom is -0.479 e. The number of ether oxygens (including phenoxy) is 1. The Kier molecular flexibility index (Phi) is 4.57. The minimum absolute atomic E-state index is 0.0412. The van der Waals surface area contributed by atoms with Gasteiger partial charge in [0.15, 0.2) is 5.54 Å². The first-order valence-corrected chi connectivity index (χ1v) is 6.81. The van der Waals surface area contributed by atoms with Crippen molar-refractivity contribution >= 4 is 11.9 Å². The van der Waals surface area contributed by atoms with Crippen molar-refractivity contribution in [3.63, 3.8) is 0 Å². The van der Waals surface area contributed by atoms with Crippen molar-refractivity contribution in [2.24, 2.45) is 5.92 Å². The van der Waals surface area contributed by atoms with E-state index in [4.69, 9.17) is 4.74 Å². The fourth-order valence-electron chi connectivity index (χ4n) is 2.33. The maximum atomic E-state index is 13.6. The predicted octanol–water partition coefficient (Wildman–Crippen LogP) is 1.36. The first-order chi connectivity index (χ1) is 9.94. The zero-order valence-corrected chi connectivity index (χ0v) is 11.8. The zero-order chi connectivity index (χ0) is 15.5. The van der Waals surface area contributed by atoms with Crippen LogP contribution in [0.2, 0.25) is 0 Å². The molecule has 1 saturated heterocycles. The standard InChI is InChI=1S/C15H18FNO4/c1-10(8-11-4-2-3-5-12(11)16)13(18)17-15(14(19)20)6-7-21-9-15/h2-5,10H,6-9H2,1H3,(H,17,18)(H,19,20). The number of carbonyl (C=O) groups is 2. The third kappa shape index (κ3) is 3.39. The summed E-state index contributed by atoms with van der Waals surface area (Å²) < 4.78 is 18.7. The molecule has 1 aliphatic rings. The normalized spacial score (nSPS) is 22.8. The molecule has 1 amide bonds. The van der Waals surface area contributed by atoms with Gasteiger partial charge in [-0.3, -0.25) is 4.79 Å². The van der Waals surface area contributed by atoms with Gasteiger partial charge in [-0.25, -0.2) is 9.18 Å². The summed E-state index contributed by atoms with van der Waals surface area (Å²) in [5, 5.41) is 11.8. The number of nitrogens with one attached hydrogen (secondary N) is 1. The van der Waals surface area contributed by atoms with E-state index in [0.717, 1.165) is 0 Å². The van der Waals surface area contributed by atoms with Crippen LogP contribution in [-0.2, 0) is 20.7 Å². The zero-order valence-electron chi connectivity index (χ0n) is 11.8. The van der Waals surface area contributed by atoms with Gasteiger partial charge in [-0.05, 0) is 18.1 Å². The largest absolute Gasteiger partial charge is 0.479 e. The van der Waals surface area contributed by atoms with Gasteiger partial charge in [-0.15, -0.1) is 0 Å². The summed E-state index contributed by atoms with van der Waals surface area (Å²) >= 11 is 0. The summed E-state index contributed by atoms with van der Waals surface area (Å²) in [6.07, 6.45) is 0.454. The molecular weight excluding hydrogens is 277 g/mol. The van der Waals surface area contributed by atoms with Crippen molar-refractivity contribution in [3.05, 3.63) is 35.6 Å². The van der Waals surface area contributed by atoms with Crippen molar-refractivity contribution in [1.82, 2.24) is 5.32 Å². The molecule has 2 N–H and O–H groups in total. The molecule has 2 unspecified atom stereocenters. The molecule has 1 aromatic carbocycles. The van der Waals surface area contributed by atoms with Gasteiger partial charge in [0.05, 0.1) is 6.61 Å². The molecule has 1 aromatic rings. The van der Waals surface area contributed by atoms with E-state index in [1.165, 1.54) is 6.07 Å². The number of benzene rings is 1. The maximum absolute atomic E-state index is 13.6. The topological polar surface area (TPSA) is 75.6 Å². The van der Waals surface area contributed by atoms with Crippen LogP contribution in [0, 0.1) is 11.7 Å². The van der Waals surface area contributed by atoms with E-state index in [1.807, 2.05) is 0 Å². The van der Waals surface area contributed by atoms with Crippen LogP contribution in [0.4, 0.5) is 4.39 Å². The Bertz CT molecular complexity index is 540. The monoisotopic (exact) mass is 295 g/mol. The smallest absolute Gasteiger partial charge is 0.331 e. The quantitative estimate of drug-likeness (QED) is 0.860. The lowest BCUT2D eigenvalue weighted by Crippen LogP contribution is -2.56. The van der Waals surface area contributed by atoms with Crippen LogP contribution in [0.1, 0.15) is 18.9 Å². The highest BCUT2D eigenvalue weighted by molar-refractivity contribution is 5.88. The van der Waals surface area contributed by atoms with Gasteiger partial charge in [0, 0.05) is 18.9 Å². The Morgan fingerprint density at radius 1 is 1.48 bits per heavy atom. The number of carboxylic acid groups (broad SMARTS) is 1. The summed E-state index contributed by atoms with van der Waals surface area (Å²) in [5.74, 6) is -2.41. The fraction of sp³-hybridized carbons (Fsp3) is 0.467. The van der Waals surface area contributed by atoms with Gasteiger partial charge in [-0.1, -0.05) is 25.1 Å². The Balaban J connectivity index is 2.03. The number of carbonyl (C=O) groups excluding carboxylic acids is 1. The SMILES string of the molecule is CC(Cc1ccccc1F)C(=O)NC1(C(=O)O)CCOC1. The van der Waals surface area contributed by atoms with E-state index < -0.39 is 23.3 Å². The molecule has 0 aromatic heterocycles. The second-order valence-corrected chi connectivity index (χ2v) is 5.38. The van der Waals surface area contributed by atoms with Crippen LogP contribution in [-0.4, -0.2) is 35.7 Å². The van der Waals surface area contributed by atoms with Crippen molar-refractivity contribution in [2.45, 2.75) is 25.3 Å². The molecule has 1 fully saturated rings. The van der Waals surface area contributed by atoms with E-state index in [9.17, 15) is 19.1 Å². The van der Waals surface area contributed by atoms with E-state index in [2.05, 4.69) is 5.32 Å². The fourth-order valence-corrected chi connectivity index (χ4v) is 2.33. The van der Waals surface area contributed by atoms with Gasteiger partial charge in [0.2, 0.25) is 5.91 Å². The highest BCUT2D eigenvalue weighted by Gasteiger charge is 2.44. The van der Waals surface area contributed by atoms with Crippen LogP contribution in [0.3, 0.4) is 0 Å². The summed E-state index contributed by atoms with van der Waals surface area (Å²) in [6.45, 7) is 1.90. The number of halogens is 1. The van der Waals surface area contributed by atoms with Gasteiger partial charge in [0.1, 0.15) is 5.82 Å². The second-order valence-electron chi connectivity index (χ2n) is 5.38. The van der Waals surface area contributed by atoms with Gasteiger partial charge in [-0.2, -0.15) is 0 Å². The molecule has 21 heavy (non-hydrogen) atoms. The summed E-state index contributed by atoms with van der Waals surface area (Å²) in [5.41, 5.74) is -0.923. The molecule has 0 bridgehead atoms. The molecule has 2 rings (SSSR count). The molecule has 1 aliphatic heterocycles. The number of amides is 1. The highest BCUT2D eigenvalue weighted by atomic mass is 19.1. The van der Waals surface area contributed by atoms with Crippen molar-refractivity contribution in [3.8, 4) is 0 Å². The lowest BCUT2D eigenvalue weighted by atomic mass is 9.95. The number of carboxylic acids is 1. The van der Waals surface area contributed by atoms with Crippen LogP contribution < -0.4 is 5.32 Å². The van der Waals surface area contributed by atoms with E-state index in [1.54, 1.807) is 25.1 Å². The van der Waals surface area contributed by atoms with Crippen LogP contribution in [0.5, 0.6) is 0 Å². The van der Waals surface area contributed by atoms with Gasteiger partial charge in [0.25, 0.3) is 0 Å². The molecule has 114 valence electrons. The van der Waals surface area contributed by atoms with E-state index in [0.29, 0.717) is 12.2 Å². The third-order valence-electron chi connectivity index (χ3n) is 3.73. The first kappa shape index (κ1) is 15.4. The number of aliphatic carboxylic acids is 1. The Morgan fingerprint density at radius 3 is 2.76 bits per heavy atom. The predicted molar refractivity (Wildman–Crippen MR) is 73.2 cm³/mol. The number of rotatable bonds is 5. The maximum Gasteiger partial charge on any atom is 0.331 e. The number of hydrogen-bond donors (Lipinski definition) is 2. The van der Waals surface area contributed by atoms with Crippen molar-refractivity contribution in [1.29, 1.82) is 0 Å². The van der Waals surface area contributed by atoms with Gasteiger partial charge < -0.3 is 15.2 Å². The van der Waals surface area contributed by atoms with E-state index >= 15 is 0 Å². The molecular formula is C15H18FNO4. The lowest BCUT2D eigenvalue weighted by Gasteiger charge is -2.25. The minimum atomic E-state index is -1.36. The molecule has 0 aliphatic carbocycles. The Morgan fingerprint density at radius 2 is 2.19 bits per heavy atom.